The topological polar surface area (TPSA) is 92.3 Å². The maximum atomic E-state index is 6.88. The van der Waals surface area contributed by atoms with Gasteiger partial charge in [0.05, 0.1) is 36.9 Å². The lowest BCUT2D eigenvalue weighted by Gasteiger charge is -2.53. The van der Waals surface area contributed by atoms with Gasteiger partial charge >= 0.3 is 0 Å². The Morgan fingerprint density at radius 2 is 0.887 bits per heavy atom. The zero-order valence-corrected chi connectivity index (χ0v) is 30.6. The third-order valence-corrected chi connectivity index (χ3v) is 11.8. The number of thioether (sulfide) groups is 1. The Morgan fingerprint density at radius 3 is 1.26 bits per heavy atom. The number of hydrogen-bond acceptors (Lipinski definition) is 11. The zero-order chi connectivity index (χ0) is 36.0. The molecule has 0 N–H and O–H groups in total. The van der Waals surface area contributed by atoms with Gasteiger partial charge in [0, 0.05) is 25.3 Å². The van der Waals surface area contributed by atoms with Crippen LogP contribution in [0.25, 0.3) is 0 Å². The first-order chi connectivity index (χ1) is 26.2. The Labute approximate surface area is 314 Å². The molecule has 12 atom stereocenters. The maximum Gasteiger partial charge on any atom is 0.185 e. The van der Waals surface area contributed by atoms with Gasteiger partial charge in [0.2, 0.25) is 0 Å². The minimum absolute atomic E-state index is 0.316. The highest BCUT2D eigenvalue weighted by Gasteiger charge is 2.57. The molecule has 0 bridgehead atoms. The normalized spacial score (nSPS) is 34.2. The van der Waals surface area contributed by atoms with Crippen molar-refractivity contribution in [1.29, 1.82) is 0 Å². The third-order valence-electron chi connectivity index (χ3n) is 10.1. The summed E-state index contributed by atoms with van der Waals surface area (Å²) in [6, 6.07) is 40.1. The van der Waals surface area contributed by atoms with Crippen molar-refractivity contribution in [2.24, 2.45) is 0 Å². The largest absolute Gasteiger partial charge is 0.367 e. The molecule has 0 aromatic heterocycles. The zero-order valence-electron chi connectivity index (χ0n) is 29.8. The van der Waals surface area contributed by atoms with Crippen molar-refractivity contribution in [3.8, 4) is 0 Å². The van der Waals surface area contributed by atoms with E-state index in [4.69, 9.17) is 47.4 Å². The van der Waals surface area contributed by atoms with Gasteiger partial charge in [-0.3, -0.25) is 0 Å². The summed E-state index contributed by atoms with van der Waals surface area (Å²) in [4.78, 5) is 0. The van der Waals surface area contributed by atoms with Crippen LogP contribution in [-0.4, -0.2) is 87.1 Å². The van der Waals surface area contributed by atoms with E-state index in [2.05, 4.69) is 0 Å². The second kappa shape index (κ2) is 17.5. The van der Waals surface area contributed by atoms with Gasteiger partial charge in [0.15, 0.2) is 25.2 Å². The van der Waals surface area contributed by atoms with Gasteiger partial charge < -0.3 is 47.4 Å². The molecule has 53 heavy (non-hydrogen) atoms. The van der Waals surface area contributed by atoms with E-state index in [9.17, 15) is 0 Å². The molecule has 4 aliphatic heterocycles. The van der Waals surface area contributed by atoms with Gasteiger partial charge in [-0.05, 0) is 11.1 Å². The molecule has 11 heteroatoms. The monoisotopic (exact) mass is 742 g/mol. The maximum absolute atomic E-state index is 6.88. The summed E-state index contributed by atoms with van der Waals surface area (Å²) in [5, 5.41) is -0.633. The van der Waals surface area contributed by atoms with E-state index >= 15 is 0 Å². The molecule has 4 aromatic carbocycles. The van der Waals surface area contributed by atoms with Crippen LogP contribution in [-0.2, 0) is 60.6 Å². The number of ether oxygens (including phenoxy) is 10. The highest BCUT2D eigenvalue weighted by molar-refractivity contribution is 8.00. The molecule has 4 saturated heterocycles. The van der Waals surface area contributed by atoms with Crippen LogP contribution in [0.5, 0.6) is 0 Å². The summed E-state index contributed by atoms with van der Waals surface area (Å²) in [6.07, 6.45) is -5.34. The second-order valence-corrected chi connectivity index (χ2v) is 14.9. The summed E-state index contributed by atoms with van der Waals surface area (Å²) in [7, 11) is 3.29. The first-order valence-electron chi connectivity index (χ1n) is 18.2. The minimum Gasteiger partial charge on any atom is -0.367 e. The van der Waals surface area contributed by atoms with Gasteiger partial charge in [-0.25, -0.2) is 0 Å². The summed E-state index contributed by atoms with van der Waals surface area (Å²) < 4.78 is 65.0. The van der Waals surface area contributed by atoms with E-state index < -0.39 is 61.8 Å². The molecule has 4 fully saturated rings. The highest BCUT2D eigenvalue weighted by Crippen LogP contribution is 2.47. The smallest absolute Gasteiger partial charge is 0.185 e. The molecule has 10 nitrogen and oxygen atoms in total. The number of hydrogen-bond donors (Lipinski definition) is 0. The van der Waals surface area contributed by atoms with E-state index in [1.54, 1.807) is 26.0 Å². The highest BCUT2D eigenvalue weighted by atomic mass is 32.2. The molecule has 4 aliphatic rings. The van der Waals surface area contributed by atoms with Gasteiger partial charge in [-0.15, -0.1) is 11.8 Å². The lowest BCUT2D eigenvalue weighted by atomic mass is 9.99. The summed E-state index contributed by atoms with van der Waals surface area (Å²) in [6.45, 7) is 1.36. The van der Waals surface area contributed by atoms with Crippen LogP contribution in [0, 0.1) is 0 Å². The van der Waals surface area contributed by atoms with E-state index in [0.717, 1.165) is 22.3 Å². The van der Waals surface area contributed by atoms with Crippen LogP contribution in [0.3, 0.4) is 0 Å². The predicted octanol–water partition coefficient (Wildman–Crippen LogP) is 6.60. The lowest BCUT2D eigenvalue weighted by Crippen LogP contribution is -2.65. The number of fused-ring (bicyclic) bond motifs is 2. The SMILES string of the molecule is CO[C@@H]1O[C@@H]2CO[C@@H](c3ccccc3)O[C@H]2[C@@H](S[C@H]2[C@@H](OCc3ccccc3)[C@H](OC)O[C@@H]3CO[C@@H](c4ccccc4)O[C@@H]23)[C@H]1OCc1ccccc1. The van der Waals surface area contributed by atoms with Gasteiger partial charge in [-0.2, -0.15) is 0 Å². The molecule has 0 unspecified atom stereocenters. The molecule has 4 aromatic rings. The number of rotatable bonds is 12. The number of methoxy groups -OCH3 is 2. The molecule has 280 valence electrons. The molecule has 0 amide bonds. The van der Waals surface area contributed by atoms with Crippen molar-refractivity contribution in [2.45, 2.75) is 85.5 Å². The van der Waals surface area contributed by atoms with Crippen LogP contribution < -0.4 is 0 Å². The fraction of sp³-hybridized carbons (Fsp3) is 0.429. The molecular weight excluding hydrogens is 697 g/mol. The fourth-order valence-electron chi connectivity index (χ4n) is 7.41. The Balaban J connectivity index is 1.16. The summed E-state index contributed by atoms with van der Waals surface area (Å²) in [5.74, 6) is 0. The van der Waals surface area contributed by atoms with Crippen LogP contribution >= 0.6 is 11.8 Å². The Hall–Kier alpha value is -3.17. The van der Waals surface area contributed by atoms with E-state index in [0.29, 0.717) is 26.4 Å². The molecule has 4 heterocycles. The van der Waals surface area contributed by atoms with Crippen molar-refractivity contribution >= 4 is 11.8 Å². The van der Waals surface area contributed by atoms with Crippen molar-refractivity contribution in [1.82, 2.24) is 0 Å². The average molecular weight is 743 g/mol. The molecular formula is C42H46O10S. The second-order valence-electron chi connectivity index (χ2n) is 13.5. The van der Waals surface area contributed by atoms with Crippen LogP contribution in [0.1, 0.15) is 34.8 Å². The fourth-order valence-corrected chi connectivity index (χ4v) is 9.28. The summed E-state index contributed by atoms with van der Waals surface area (Å²) >= 11 is 1.70. The quantitative estimate of drug-likeness (QED) is 0.157. The van der Waals surface area contributed by atoms with Crippen LogP contribution in [0.4, 0.5) is 0 Å². The predicted molar refractivity (Wildman–Crippen MR) is 197 cm³/mol. The Morgan fingerprint density at radius 1 is 0.509 bits per heavy atom. The molecule has 0 saturated carbocycles. The number of benzene rings is 4. The minimum atomic E-state index is -0.692. The standard InChI is InChI=1S/C42H46O10S/c1-43-41-35(45-23-27-15-7-3-8-16-27)37(33-31(49-41)25-47-39(51-33)29-19-11-5-12-20-29)53-38-34-32(26-48-40(52-34)30-21-13-6-14-22-30)50-42(44-2)36(38)46-24-28-17-9-4-10-18-28/h3-22,31-42H,23-26H2,1-2H3/t31-,32-,33-,34-,35-,36-,37-,38-,39-,40-,41-,42-/m1/s1. The molecule has 0 spiro atoms. The Kier molecular flexibility index (Phi) is 12.2. The van der Waals surface area contributed by atoms with Gasteiger partial charge in [0.1, 0.15) is 36.6 Å². The Bertz CT molecular complexity index is 1550. The molecule has 0 aliphatic carbocycles. The first-order valence-corrected chi connectivity index (χ1v) is 19.1. The van der Waals surface area contributed by atoms with E-state index in [-0.39, 0.29) is 10.5 Å². The summed E-state index contributed by atoms with van der Waals surface area (Å²) in [5.41, 5.74) is 3.93. The van der Waals surface area contributed by atoms with Crippen molar-refractivity contribution in [3.05, 3.63) is 144 Å². The molecule has 8 rings (SSSR count). The molecule has 0 radical (unpaired) electrons. The van der Waals surface area contributed by atoms with Crippen LogP contribution in [0.2, 0.25) is 0 Å². The first kappa shape index (κ1) is 36.8. The third kappa shape index (κ3) is 8.41. The lowest BCUT2D eigenvalue weighted by molar-refractivity contribution is -0.339. The van der Waals surface area contributed by atoms with Crippen molar-refractivity contribution < 1.29 is 47.4 Å². The van der Waals surface area contributed by atoms with E-state index in [1.807, 2.05) is 121 Å². The van der Waals surface area contributed by atoms with Gasteiger partial charge in [-0.1, -0.05) is 121 Å². The van der Waals surface area contributed by atoms with Crippen molar-refractivity contribution in [2.75, 3.05) is 27.4 Å². The van der Waals surface area contributed by atoms with E-state index in [1.165, 1.54) is 0 Å². The van der Waals surface area contributed by atoms with Gasteiger partial charge in [0.25, 0.3) is 0 Å². The van der Waals surface area contributed by atoms with Crippen LogP contribution in [0.15, 0.2) is 121 Å². The van der Waals surface area contributed by atoms with Crippen molar-refractivity contribution in [3.63, 3.8) is 0 Å². The average Bonchev–Trinajstić information content (AvgIpc) is 3.23.